The molecule has 1 fully saturated rings. The number of rotatable bonds is 10. The molecule has 0 radical (unpaired) electrons. The van der Waals surface area contributed by atoms with Crippen LogP contribution in [-0.4, -0.2) is 54.9 Å². The first-order valence-electron chi connectivity index (χ1n) is 12.4. The second kappa shape index (κ2) is 9.71. The van der Waals surface area contributed by atoms with Crippen LogP contribution in [0.25, 0.3) is 0 Å². The van der Waals surface area contributed by atoms with Crippen LogP contribution >= 0.6 is 8.86 Å². The van der Waals surface area contributed by atoms with E-state index in [0.717, 1.165) is 36.4 Å². The molecule has 13 nitrogen and oxygen atoms in total. The predicted octanol–water partition coefficient (Wildman–Crippen LogP) is 6.03. The van der Waals surface area contributed by atoms with Gasteiger partial charge in [0.2, 0.25) is 0 Å². The zero-order valence-electron chi connectivity index (χ0n) is 22.1. The molecule has 4 aromatic rings. The minimum absolute atomic E-state index is 0.353. The monoisotopic (exact) mass is 620 g/mol. The van der Waals surface area contributed by atoms with Gasteiger partial charge in [0.25, 0.3) is 0 Å². The number of aromatic carboxylic acids is 4. The third kappa shape index (κ3) is 3.48. The van der Waals surface area contributed by atoms with Crippen molar-refractivity contribution < 1.29 is 62.3 Å². The van der Waals surface area contributed by atoms with Crippen LogP contribution in [0.5, 0.6) is 11.5 Å². The van der Waals surface area contributed by atoms with E-state index in [0.29, 0.717) is 0 Å². The highest BCUT2D eigenvalue weighted by atomic mass is 32.4. The standard InChI is InChI=1S/C30H20O13S/c31-25(32)19-13-7-15-21(23(19)27(35)36)42-44(29(39)41-30(44)40,17-9-3-1-4-10-17,18-11-5-2-6-12-18)43-22-16-8-14-20(26(33)34)24(22)28(37)38/h1-16H,(H,31,32)(H,33,34)(H,35,36)(H,37,38). The molecular formula is C30H20O13S. The summed E-state index contributed by atoms with van der Waals surface area (Å²) < 4.78 is 17.8. The first-order chi connectivity index (χ1) is 20.9. The number of carbonyl (C=O) groups excluding carboxylic acids is 2. The SMILES string of the molecule is O=C(O)c1cccc(OS2(Oc3cccc(C(=O)O)c3C(=O)O)(c3ccccc3)(c3ccccc3)C(=O)OC2=O)c1C(=O)O. The van der Waals surface area contributed by atoms with Gasteiger partial charge >= 0.3 is 34.5 Å². The Morgan fingerprint density at radius 3 is 1.16 bits per heavy atom. The van der Waals surface area contributed by atoms with Crippen molar-refractivity contribution in [2.75, 3.05) is 0 Å². The van der Waals surface area contributed by atoms with Crippen LogP contribution in [0.4, 0.5) is 9.59 Å². The first-order valence-corrected chi connectivity index (χ1v) is 14.7. The predicted molar refractivity (Wildman–Crippen MR) is 151 cm³/mol. The van der Waals surface area contributed by atoms with E-state index in [1.807, 2.05) is 0 Å². The van der Waals surface area contributed by atoms with Gasteiger partial charge in [0, 0.05) is 0 Å². The number of hydrogen-bond donors (Lipinski definition) is 4. The maximum atomic E-state index is 14.4. The van der Waals surface area contributed by atoms with Crippen LogP contribution in [0.3, 0.4) is 0 Å². The molecule has 4 aromatic carbocycles. The number of ether oxygens (including phenoxy) is 1. The third-order valence-corrected chi connectivity index (χ3v) is 12.6. The Balaban J connectivity index is 2.07. The molecule has 1 aliphatic heterocycles. The summed E-state index contributed by atoms with van der Waals surface area (Å²) in [5.41, 5.74) is -3.50. The maximum Gasteiger partial charge on any atom is 0.437 e. The van der Waals surface area contributed by atoms with Gasteiger partial charge in [0.1, 0.15) is 11.1 Å². The largest absolute Gasteiger partial charge is 0.478 e. The molecule has 0 spiro atoms. The fraction of sp³-hybridized carbons (Fsp3) is 0. The summed E-state index contributed by atoms with van der Waals surface area (Å²) in [7, 11) is -6.80. The zero-order valence-corrected chi connectivity index (χ0v) is 22.9. The molecule has 0 aromatic heterocycles. The van der Waals surface area contributed by atoms with Crippen molar-refractivity contribution >= 4 is 43.3 Å². The Labute approximate surface area is 246 Å². The summed E-state index contributed by atoms with van der Waals surface area (Å²) in [6, 6.07) is 19.6. The van der Waals surface area contributed by atoms with Crippen LogP contribution < -0.4 is 8.37 Å². The molecule has 1 saturated heterocycles. The molecule has 0 saturated carbocycles. The maximum absolute atomic E-state index is 14.4. The van der Waals surface area contributed by atoms with Gasteiger partial charge in [-0.15, -0.1) is 0 Å². The molecule has 14 heteroatoms. The van der Waals surface area contributed by atoms with Gasteiger partial charge in [-0.25, -0.2) is 28.8 Å². The van der Waals surface area contributed by atoms with Gasteiger partial charge in [-0.1, -0.05) is 48.5 Å². The van der Waals surface area contributed by atoms with Crippen molar-refractivity contribution in [2.24, 2.45) is 0 Å². The van der Waals surface area contributed by atoms with Crippen LogP contribution in [0.1, 0.15) is 41.4 Å². The Bertz CT molecular complexity index is 1790. The molecule has 224 valence electrons. The van der Waals surface area contributed by atoms with E-state index < -0.39 is 77.1 Å². The molecule has 44 heavy (non-hydrogen) atoms. The lowest BCUT2D eigenvalue weighted by Gasteiger charge is -2.80. The third-order valence-electron chi connectivity index (χ3n) is 7.04. The van der Waals surface area contributed by atoms with E-state index in [4.69, 9.17) is 13.1 Å². The Kier molecular flexibility index (Phi) is 6.47. The second-order valence-corrected chi connectivity index (χ2v) is 14.0. The van der Waals surface area contributed by atoms with Crippen molar-refractivity contribution in [3.8, 4) is 11.5 Å². The Hall–Kier alpha value is -6.15. The Morgan fingerprint density at radius 1 is 0.500 bits per heavy atom. The average molecular weight is 621 g/mol. The van der Waals surface area contributed by atoms with Crippen LogP contribution in [-0.2, 0) is 4.74 Å². The second-order valence-electron chi connectivity index (χ2n) is 9.32. The van der Waals surface area contributed by atoms with Gasteiger partial charge in [0.05, 0.1) is 20.9 Å². The smallest absolute Gasteiger partial charge is 0.437 e. The molecule has 0 amide bonds. The number of benzene rings is 4. The summed E-state index contributed by atoms with van der Waals surface area (Å²) >= 11 is 0. The number of cyclic esters (lactones) is 2. The Morgan fingerprint density at radius 2 is 0.864 bits per heavy atom. The molecule has 4 N–H and O–H groups in total. The number of hydrogen-bond acceptors (Lipinski definition) is 9. The van der Waals surface area contributed by atoms with Gasteiger partial charge in [-0.05, 0) is 57.4 Å². The summed E-state index contributed by atoms with van der Waals surface area (Å²) in [5.74, 6) is -8.64. The first kappa shape index (κ1) is 29.3. The molecule has 0 unspecified atom stereocenters. The molecule has 1 aliphatic rings. The quantitative estimate of drug-likeness (QED) is 0.118. The van der Waals surface area contributed by atoms with Crippen molar-refractivity contribution in [1.29, 1.82) is 0 Å². The minimum atomic E-state index is -6.80. The molecule has 0 atom stereocenters. The van der Waals surface area contributed by atoms with E-state index in [-0.39, 0.29) is 9.79 Å². The zero-order chi connectivity index (χ0) is 31.9. The highest BCUT2D eigenvalue weighted by Gasteiger charge is 2.84. The van der Waals surface area contributed by atoms with Gasteiger partial charge in [0.15, 0.2) is 11.5 Å². The summed E-state index contributed by atoms with van der Waals surface area (Å²) in [6.07, 6.45) is 0. The van der Waals surface area contributed by atoms with Gasteiger partial charge < -0.3 is 33.5 Å². The fourth-order valence-corrected chi connectivity index (χ4v) is 10.1. The normalized spacial score (nSPS) is 17.2. The van der Waals surface area contributed by atoms with Gasteiger partial charge in [-0.2, -0.15) is 0 Å². The van der Waals surface area contributed by atoms with E-state index in [2.05, 4.69) is 0 Å². The minimum Gasteiger partial charge on any atom is -0.478 e. The highest BCUT2D eigenvalue weighted by Crippen LogP contribution is 3.03. The molecule has 0 bridgehead atoms. The molecule has 1 heterocycles. The number of carboxylic acids is 4. The van der Waals surface area contributed by atoms with E-state index in [1.165, 1.54) is 60.7 Å². The topological polar surface area (TPSA) is 211 Å². The molecular weight excluding hydrogens is 600 g/mol. The lowest BCUT2D eigenvalue weighted by Crippen LogP contribution is -2.66. The van der Waals surface area contributed by atoms with Crippen molar-refractivity contribution in [1.82, 2.24) is 0 Å². The summed E-state index contributed by atoms with van der Waals surface area (Å²) in [4.78, 5) is 77.3. The summed E-state index contributed by atoms with van der Waals surface area (Å²) in [6.45, 7) is 0. The number of carbonyl (C=O) groups is 6. The number of carboxylic acid groups (broad SMARTS) is 4. The lowest BCUT2D eigenvalue weighted by molar-refractivity contribution is 0.0648. The van der Waals surface area contributed by atoms with Crippen molar-refractivity contribution in [3.63, 3.8) is 0 Å². The molecule has 0 aliphatic carbocycles. The average Bonchev–Trinajstić information content (AvgIpc) is 3.01. The van der Waals surface area contributed by atoms with Crippen molar-refractivity contribution in [3.05, 3.63) is 119 Å². The van der Waals surface area contributed by atoms with Crippen LogP contribution in [0.2, 0.25) is 0 Å². The summed E-state index contributed by atoms with van der Waals surface area (Å²) in [5, 5.41) is 36.7. The highest BCUT2D eigenvalue weighted by molar-refractivity contribution is 8.78. The van der Waals surface area contributed by atoms with Crippen molar-refractivity contribution in [2.45, 2.75) is 9.79 Å². The molecule has 5 rings (SSSR count). The van der Waals surface area contributed by atoms with E-state index in [1.54, 1.807) is 0 Å². The van der Waals surface area contributed by atoms with Gasteiger partial charge in [-0.3, -0.25) is 0 Å². The van der Waals surface area contributed by atoms with E-state index >= 15 is 0 Å². The lowest BCUT2D eigenvalue weighted by atomic mass is 10.1. The fourth-order valence-electron chi connectivity index (χ4n) is 5.06. The van der Waals surface area contributed by atoms with E-state index in [9.17, 15) is 49.2 Å². The van der Waals surface area contributed by atoms with Crippen LogP contribution in [0.15, 0.2) is 107 Å². The van der Waals surface area contributed by atoms with Crippen LogP contribution in [0, 0.1) is 0 Å².